The first-order chi connectivity index (χ1) is 12.5. The molecule has 0 fully saturated rings. The van der Waals surface area contributed by atoms with Crippen molar-refractivity contribution in [2.45, 2.75) is 25.0 Å². The minimum Gasteiger partial charge on any atom is -0.375 e. The largest absolute Gasteiger partial charge is 0.375 e. The number of oxime groups is 1. The molecule has 0 saturated carbocycles. The van der Waals surface area contributed by atoms with E-state index in [2.05, 4.69) is 10.5 Å². The Bertz CT molecular complexity index is 839. The second-order valence-corrected chi connectivity index (χ2v) is 6.99. The lowest BCUT2D eigenvalue weighted by atomic mass is 9.74. The molecule has 1 amide bonds. The van der Waals surface area contributed by atoms with Crippen molar-refractivity contribution in [2.75, 3.05) is 6.54 Å². The molecule has 2 aromatic carbocycles. The van der Waals surface area contributed by atoms with Crippen molar-refractivity contribution in [1.29, 1.82) is 0 Å². The van der Waals surface area contributed by atoms with Crippen molar-refractivity contribution in [3.8, 4) is 0 Å². The van der Waals surface area contributed by atoms with E-state index in [0.29, 0.717) is 27.9 Å². The summed E-state index contributed by atoms with van der Waals surface area (Å²) in [5.41, 5.74) is 6.71. The third-order valence-electron chi connectivity index (χ3n) is 4.60. The van der Waals surface area contributed by atoms with Crippen LogP contribution in [0.3, 0.4) is 0 Å². The molecule has 2 aromatic rings. The zero-order valence-corrected chi connectivity index (χ0v) is 15.7. The van der Waals surface area contributed by atoms with Gasteiger partial charge in [-0.2, -0.15) is 0 Å². The monoisotopic (exact) mass is 391 g/mol. The molecule has 1 unspecified atom stereocenters. The summed E-state index contributed by atoms with van der Waals surface area (Å²) in [6, 6.07) is 14.7. The van der Waals surface area contributed by atoms with Gasteiger partial charge in [-0.3, -0.25) is 10.1 Å². The van der Waals surface area contributed by atoms with Crippen LogP contribution in [0.4, 0.5) is 0 Å². The number of rotatable bonds is 6. The molecule has 3 N–H and O–H groups in total. The van der Waals surface area contributed by atoms with Gasteiger partial charge in [0.25, 0.3) is 0 Å². The van der Waals surface area contributed by atoms with Crippen LogP contribution in [0.5, 0.6) is 0 Å². The standard InChI is InChI=1S/C19H19Cl2N3O2/c1-12-19(17(22)25,15-4-2-3-5-16(15)21)18(26-24-12)23-11-10-13-6-8-14(20)9-7-13/h2-9,18,23H,10-11H2,1H3,(H2,22,25)/t18?,19-/m1/s1. The molecule has 5 nitrogen and oxygen atoms in total. The maximum atomic E-state index is 12.5. The van der Waals surface area contributed by atoms with Crippen LogP contribution in [0.2, 0.25) is 10.0 Å². The van der Waals surface area contributed by atoms with Gasteiger partial charge in [-0.15, -0.1) is 0 Å². The van der Waals surface area contributed by atoms with Crippen LogP contribution in [0, 0.1) is 0 Å². The molecule has 0 aromatic heterocycles. The quantitative estimate of drug-likeness (QED) is 0.792. The van der Waals surface area contributed by atoms with E-state index in [1.165, 1.54) is 0 Å². The summed E-state index contributed by atoms with van der Waals surface area (Å²) in [4.78, 5) is 18.0. The minimum atomic E-state index is -1.25. The van der Waals surface area contributed by atoms with Gasteiger partial charge < -0.3 is 10.6 Å². The summed E-state index contributed by atoms with van der Waals surface area (Å²) in [6.45, 7) is 2.28. The third-order valence-corrected chi connectivity index (χ3v) is 5.18. The van der Waals surface area contributed by atoms with Gasteiger partial charge in [-0.05, 0) is 42.7 Å². The van der Waals surface area contributed by atoms with E-state index in [-0.39, 0.29) is 0 Å². The number of amides is 1. The Kier molecular flexibility index (Phi) is 5.51. The zero-order valence-electron chi connectivity index (χ0n) is 14.2. The molecule has 2 atom stereocenters. The SMILES string of the molecule is CC1=NOC(NCCc2ccc(Cl)cc2)[C@@]1(C(N)=O)c1ccccc1Cl. The van der Waals surface area contributed by atoms with Gasteiger partial charge in [0.05, 0.1) is 5.71 Å². The number of hydrogen-bond donors (Lipinski definition) is 2. The van der Waals surface area contributed by atoms with Gasteiger partial charge in [-0.25, -0.2) is 0 Å². The van der Waals surface area contributed by atoms with Crippen LogP contribution in [0.1, 0.15) is 18.1 Å². The maximum absolute atomic E-state index is 12.5. The zero-order chi connectivity index (χ0) is 18.7. The Morgan fingerprint density at radius 3 is 2.58 bits per heavy atom. The molecule has 1 heterocycles. The van der Waals surface area contributed by atoms with Crippen molar-refractivity contribution in [2.24, 2.45) is 10.9 Å². The van der Waals surface area contributed by atoms with Crippen molar-refractivity contribution < 1.29 is 9.63 Å². The molecule has 0 aliphatic carbocycles. The van der Waals surface area contributed by atoms with Gasteiger partial charge in [0.2, 0.25) is 12.1 Å². The van der Waals surface area contributed by atoms with Crippen LogP contribution >= 0.6 is 23.2 Å². The molecule has 7 heteroatoms. The summed E-state index contributed by atoms with van der Waals surface area (Å²) < 4.78 is 0. The number of nitrogens with zero attached hydrogens (tertiary/aromatic N) is 1. The first-order valence-electron chi connectivity index (χ1n) is 8.20. The number of nitrogens with two attached hydrogens (primary N) is 1. The molecule has 1 aliphatic heterocycles. The van der Waals surface area contributed by atoms with Crippen LogP contribution in [-0.2, 0) is 21.5 Å². The summed E-state index contributed by atoms with van der Waals surface area (Å²) in [7, 11) is 0. The molecular formula is C19H19Cl2N3O2. The van der Waals surface area contributed by atoms with Gasteiger partial charge in [0, 0.05) is 16.6 Å². The Labute approximate surface area is 162 Å². The Balaban J connectivity index is 1.83. The van der Waals surface area contributed by atoms with Crippen LogP contribution < -0.4 is 11.1 Å². The van der Waals surface area contributed by atoms with Crippen molar-refractivity contribution >= 4 is 34.8 Å². The second kappa shape index (κ2) is 7.66. The molecule has 0 spiro atoms. The van der Waals surface area contributed by atoms with Crippen LogP contribution in [0.15, 0.2) is 53.7 Å². The summed E-state index contributed by atoms with van der Waals surface area (Å²) in [5, 5.41) is 8.40. The summed E-state index contributed by atoms with van der Waals surface area (Å²) in [5.74, 6) is -0.562. The number of carbonyl (C=O) groups excluding carboxylic acids is 1. The van der Waals surface area contributed by atoms with Crippen molar-refractivity contribution in [3.63, 3.8) is 0 Å². The third kappa shape index (κ3) is 3.30. The molecule has 1 aliphatic rings. The predicted molar refractivity (Wildman–Crippen MR) is 103 cm³/mol. The van der Waals surface area contributed by atoms with E-state index in [9.17, 15) is 4.79 Å². The maximum Gasteiger partial charge on any atom is 0.239 e. The molecule has 0 bridgehead atoms. The van der Waals surface area contributed by atoms with Gasteiger partial charge in [0.1, 0.15) is 0 Å². The summed E-state index contributed by atoms with van der Waals surface area (Å²) >= 11 is 12.3. The summed E-state index contributed by atoms with van der Waals surface area (Å²) in [6.07, 6.45) is 0.000159. The Morgan fingerprint density at radius 1 is 1.23 bits per heavy atom. The average Bonchev–Trinajstić information content (AvgIpc) is 2.94. The number of primary amides is 1. The number of nitrogens with one attached hydrogen (secondary N) is 1. The van der Waals surface area contributed by atoms with Crippen LogP contribution in [-0.4, -0.2) is 24.4 Å². The fourth-order valence-corrected chi connectivity index (χ4v) is 3.63. The average molecular weight is 392 g/mol. The Hall–Kier alpha value is -2.08. The predicted octanol–water partition coefficient (Wildman–Crippen LogP) is 3.28. The lowest BCUT2D eigenvalue weighted by Crippen LogP contribution is -2.58. The number of hydrogen-bond acceptors (Lipinski definition) is 4. The highest BCUT2D eigenvalue weighted by Crippen LogP contribution is 2.38. The second-order valence-electron chi connectivity index (χ2n) is 6.14. The normalized spacial score (nSPS) is 22.0. The first-order valence-corrected chi connectivity index (χ1v) is 8.95. The first kappa shape index (κ1) is 18.7. The number of halogens is 2. The molecule has 26 heavy (non-hydrogen) atoms. The van der Waals surface area contributed by atoms with Gasteiger partial charge in [0.15, 0.2) is 5.41 Å². The molecular weight excluding hydrogens is 373 g/mol. The number of carbonyl (C=O) groups is 1. The fourth-order valence-electron chi connectivity index (χ4n) is 3.22. The van der Waals surface area contributed by atoms with E-state index in [4.69, 9.17) is 33.8 Å². The fraction of sp³-hybridized carbons (Fsp3) is 0.263. The number of benzene rings is 2. The highest BCUT2D eigenvalue weighted by atomic mass is 35.5. The highest BCUT2D eigenvalue weighted by Gasteiger charge is 2.55. The van der Waals surface area contributed by atoms with E-state index in [1.807, 2.05) is 30.3 Å². The lowest BCUT2D eigenvalue weighted by Gasteiger charge is -2.32. The smallest absolute Gasteiger partial charge is 0.239 e. The lowest BCUT2D eigenvalue weighted by molar-refractivity contribution is -0.125. The molecule has 136 valence electrons. The van der Waals surface area contributed by atoms with Crippen molar-refractivity contribution in [1.82, 2.24) is 5.32 Å². The van der Waals surface area contributed by atoms with Crippen molar-refractivity contribution in [3.05, 3.63) is 69.7 Å². The highest BCUT2D eigenvalue weighted by molar-refractivity contribution is 6.33. The molecule has 0 radical (unpaired) electrons. The van der Waals surface area contributed by atoms with E-state index in [0.717, 1.165) is 12.0 Å². The molecule has 0 saturated heterocycles. The van der Waals surface area contributed by atoms with E-state index >= 15 is 0 Å². The van der Waals surface area contributed by atoms with Gasteiger partial charge >= 0.3 is 0 Å². The molecule has 3 rings (SSSR count). The van der Waals surface area contributed by atoms with E-state index in [1.54, 1.807) is 25.1 Å². The Morgan fingerprint density at radius 2 is 1.92 bits per heavy atom. The van der Waals surface area contributed by atoms with Crippen LogP contribution in [0.25, 0.3) is 0 Å². The van der Waals surface area contributed by atoms with E-state index < -0.39 is 17.6 Å². The minimum absolute atomic E-state index is 0.441. The van der Waals surface area contributed by atoms with Gasteiger partial charge in [-0.1, -0.05) is 58.7 Å². The topological polar surface area (TPSA) is 76.7 Å².